The van der Waals surface area contributed by atoms with Crippen molar-refractivity contribution in [2.75, 3.05) is 18.2 Å². The van der Waals surface area contributed by atoms with Crippen LogP contribution < -0.4 is 14.8 Å². The lowest BCUT2D eigenvalue weighted by molar-refractivity contribution is -0.113. The first-order valence-electron chi connectivity index (χ1n) is 8.81. The van der Waals surface area contributed by atoms with Crippen LogP contribution in [-0.4, -0.2) is 33.5 Å². The summed E-state index contributed by atoms with van der Waals surface area (Å²) in [5.74, 6) is 2.08. The lowest BCUT2D eigenvalue weighted by Crippen LogP contribution is -2.15. The molecule has 0 radical (unpaired) electrons. The number of benzene rings is 2. The maximum absolute atomic E-state index is 12.3. The van der Waals surface area contributed by atoms with Gasteiger partial charge in [-0.2, -0.15) is 0 Å². The molecule has 0 unspecified atom stereocenters. The number of aryl methyl sites for hydroxylation is 1. The van der Waals surface area contributed by atoms with Crippen LogP contribution in [-0.2, 0) is 18.4 Å². The van der Waals surface area contributed by atoms with Crippen molar-refractivity contribution in [1.29, 1.82) is 0 Å². The van der Waals surface area contributed by atoms with Crippen molar-refractivity contribution < 1.29 is 14.3 Å². The Kier molecular flexibility index (Phi) is 7.16. The molecule has 0 aliphatic carbocycles. The van der Waals surface area contributed by atoms with Gasteiger partial charge < -0.3 is 19.4 Å². The molecule has 0 fully saturated rings. The van der Waals surface area contributed by atoms with Gasteiger partial charge in [-0.25, -0.2) is 0 Å². The molecule has 1 N–H and O–H groups in total. The normalized spacial score (nSPS) is 10.6. The van der Waals surface area contributed by atoms with E-state index in [0.29, 0.717) is 22.5 Å². The summed E-state index contributed by atoms with van der Waals surface area (Å²) >= 11 is 4.74. The molecular weight excluding hydrogens is 456 g/mol. The van der Waals surface area contributed by atoms with Crippen LogP contribution in [0.1, 0.15) is 11.4 Å². The average Bonchev–Trinajstić information content (AvgIpc) is 3.06. The van der Waals surface area contributed by atoms with E-state index in [4.69, 9.17) is 9.47 Å². The first kappa shape index (κ1) is 21.2. The molecule has 152 valence electrons. The molecule has 1 heterocycles. The molecule has 3 aromatic rings. The molecule has 0 saturated heterocycles. The van der Waals surface area contributed by atoms with Gasteiger partial charge in [0.15, 0.2) is 22.5 Å². The van der Waals surface area contributed by atoms with Gasteiger partial charge in [0.25, 0.3) is 0 Å². The molecule has 2 aromatic carbocycles. The van der Waals surface area contributed by atoms with E-state index in [1.807, 2.05) is 61.0 Å². The molecule has 1 amide bonds. The number of ether oxygens (including phenoxy) is 2. The van der Waals surface area contributed by atoms with Gasteiger partial charge >= 0.3 is 0 Å². The maximum atomic E-state index is 12.3. The third-order valence-electron chi connectivity index (χ3n) is 4.15. The largest absolute Gasteiger partial charge is 0.493 e. The van der Waals surface area contributed by atoms with Crippen LogP contribution in [0.3, 0.4) is 0 Å². The molecule has 0 saturated carbocycles. The highest BCUT2D eigenvalue weighted by molar-refractivity contribution is 9.10. The number of anilines is 1. The highest BCUT2D eigenvalue weighted by Gasteiger charge is 2.13. The highest BCUT2D eigenvalue weighted by atomic mass is 79.9. The van der Waals surface area contributed by atoms with E-state index >= 15 is 0 Å². The lowest BCUT2D eigenvalue weighted by Gasteiger charge is -2.10. The van der Waals surface area contributed by atoms with E-state index in [1.54, 1.807) is 7.11 Å². The Morgan fingerprint density at radius 3 is 2.69 bits per heavy atom. The number of hydrogen-bond donors (Lipinski definition) is 1. The number of halogens is 1. The third-order valence-corrected chi connectivity index (χ3v) is 5.66. The number of methoxy groups -OCH3 is 1. The smallest absolute Gasteiger partial charge is 0.234 e. The van der Waals surface area contributed by atoms with Crippen LogP contribution in [0, 0.1) is 6.92 Å². The van der Waals surface area contributed by atoms with Crippen LogP contribution in [0.4, 0.5) is 5.69 Å². The van der Waals surface area contributed by atoms with Crippen molar-refractivity contribution >= 4 is 39.3 Å². The summed E-state index contributed by atoms with van der Waals surface area (Å²) in [5.41, 5.74) is 1.79. The van der Waals surface area contributed by atoms with E-state index < -0.39 is 0 Å². The summed E-state index contributed by atoms with van der Waals surface area (Å²) < 4.78 is 13.9. The zero-order valence-corrected chi connectivity index (χ0v) is 18.7. The van der Waals surface area contributed by atoms with Crippen LogP contribution in [0.15, 0.2) is 52.1 Å². The number of carbonyl (C=O) groups is 1. The van der Waals surface area contributed by atoms with E-state index in [9.17, 15) is 4.79 Å². The average molecular weight is 477 g/mol. The first-order chi connectivity index (χ1) is 14.0. The molecule has 7 nitrogen and oxygen atoms in total. The van der Waals surface area contributed by atoms with Crippen molar-refractivity contribution in [3.8, 4) is 11.5 Å². The number of amides is 1. The quantitative estimate of drug-likeness (QED) is 0.490. The van der Waals surface area contributed by atoms with Gasteiger partial charge in [-0.05, 0) is 42.8 Å². The number of para-hydroxylation sites is 2. The van der Waals surface area contributed by atoms with Crippen molar-refractivity contribution in [3.05, 3.63) is 58.3 Å². The minimum absolute atomic E-state index is 0.102. The second kappa shape index (κ2) is 9.80. The monoisotopic (exact) mass is 476 g/mol. The van der Waals surface area contributed by atoms with Crippen LogP contribution in [0.25, 0.3) is 0 Å². The SMILES string of the molecule is COc1ccccc1OCc1nnc(SCC(=O)Nc2ccc(Br)cc2C)n1C. The summed E-state index contributed by atoms with van der Waals surface area (Å²) in [5, 5.41) is 11.9. The fourth-order valence-electron chi connectivity index (χ4n) is 2.56. The van der Waals surface area contributed by atoms with E-state index in [2.05, 4.69) is 31.4 Å². The molecule has 1 aromatic heterocycles. The molecule has 0 atom stereocenters. The topological polar surface area (TPSA) is 78.3 Å². The number of nitrogens with one attached hydrogen (secondary N) is 1. The summed E-state index contributed by atoms with van der Waals surface area (Å²) in [6.45, 7) is 2.19. The van der Waals surface area contributed by atoms with Gasteiger partial charge in [-0.1, -0.05) is 39.8 Å². The fraction of sp³-hybridized carbons (Fsp3) is 0.250. The van der Waals surface area contributed by atoms with Gasteiger partial charge in [0.05, 0.1) is 12.9 Å². The van der Waals surface area contributed by atoms with Gasteiger partial charge in [-0.15, -0.1) is 10.2 Å². The summed E-state index contributed by atoms with van der Waals surface area (Å²) in [6.07, 6.45) is 0. The Morgan fingerprint density at radius 2 is 1.97 bits per heavy atom. The fourth-order valence-corrected chi connectivity index (χ4v) is 3.77. The van der Waals surface area contributed by atoms with E-state index in [1.165, 1.54) is 11.8 Å². The standard InChI is InChI=1S/C20H21BrN4O3S/c1-13-10-14(21)8-9-15(13)22-19(26)12-29-20-24-23-18(25(20)2)11-28-17-7-5-4-6-16(17)27-3/h4-10H,11-12H2,1-3H3,(H,22,26). The zero-order valence-electron chi connectivity index (χ0n) is 16.3. The third kappa shape index (κ3) is 5.51. The van der Waals surface area contributed by atoms with E-state index in [-0.39, 0.29) is 18.3 Å². The van der Waals surface area contributed by atoms with Crippen LogP contribution in [0.5, 0.6) is 11.5 Å². The first-order valence-corrected chi connectivity index (χ1v) is 10.6. The van der Waals surface area contributed by atoms with Gasteiger partial charge in [-0.3, -0.25) is 4.79 Å². The Bertz CT molecular complexity index is 1010. The molecule has 0 spiro atoms. The molecular formula is C20H21BrN4O3S. The number of aromatic nitrogens is 3. The Morgan fingerprint density at radius 1 is 1.21 bits per heavy atom. The van der Waals surface area contributed by atoms with Gasteiger partial charge in [0.1, 0.15) is 6.61 Å². The van der Waals surface area contributed by atoms with Crippen LogP contribution >= 0.6 is 27.7 Å². The molecule has 0 bridgehead atoms. The summed E-state index contributed by atoms with van der Waals surface area (Å²) in [6, 6.07) is 13.1. The minimum Gasteiger partial charge on any atom is -0.493 e. The molecule has 0 aliphatic heterocycles. The molecule has 9 heteroatoms. The van der Waals surface area contributed by atoms with Crippen molar-refractivity contribution in [1.82, 2.24) is 14.8 Å². The highest BCUT2D eigenvalue weighted by Crippen LogP contribution is 2.27. The lowest BCUT2D eigenvalue weighted by atomic mass is 10.2. The number of carbonyl (C=O) groups excluding carboxylic acids is 1. The second-order valence-corrected chi connectivity index (χ2v) is 8.05. The minimum atomic E-state index is -0.102. The number of thioether (sulfide) groups is 1. The van der Waals surface area contributed by atoms with E-state index in [0.717, 1.165) is 15.7 Å². The predicted molar refractivity (Wildman–Crippen MR) is 117 cm³/mol. The number of hydrogen-bond acceptors (Lipinski definition) is 6. The second-order valence-electron chi connectivity index (χ2n) is 6.19. The van der Waals surface area contributed by atoms with Crippen LogP contribution in [0.2, 0.25) is 0 Å². The van der Waals surface area contributed by atoms with Crippen molar-refractivity contribution in [3.63, 3.8) is 0 Å². The maximum Gasteiger partial charge on any atom is 0.234 e. The molecule has 29 heavy (non-hydrogen) atoms. The number of rotatable bonds is 8. The molecule has 0 aliphatic rings. The summed E-state index contributed by atoms with van der Waals surface area (Å²) in [4.78, 5) is 12.3. The summed E-state index contributed by atoms with van der Waals surface area (Å²) in [7, 11) is 3.44. The van der Waals surface area contributed by atoms with Crippen molar-refractivity contribution in [2.24, 2.45) is 7.05 Å². The van der Waals surface area contributed by atoms with Crippen molar-refractivity contribution in [2.45, 2.75) is 18.7 Å². The van der Waals surface area contributed by atoms with Gasteiger partial charge in [0, 0.05) is 17.2 Å². The Hall–Kier alpha value is -2.52. The van der Waals surface area contributed by atoms with Gasteiger partial charge in [0.2, 0.25) is 5.91 Å². The zero-order chi connectivity index (χ0) is 20.8. The number of nitrogens with zero attached hydrogens (tertiary/aromatic N) is 3. The Labute approximate surface area is 181 Å². The molecule has 3 rings (SSSR count). The Balaban J connectivity index is 1.56. The predicted octanol–water partition coefficient (Wildman–Crippen LogP) is 4.20.